The van der Waals surface area contributed by atoms with Gasteiger partial charge in [0.1, 0.15) is 16.4 Å². The third kappa shape index (κ3) is 5.50. The van der Waals surface area contributed by atoms with Crippen molar-refractivity contribution in [3.05, 3.63) is 98.0 Å². The second-order valence-electron chi connectivity index (χ2n) is 6.30. The molecule has 0 bridgehead atoms. The van der Waals surface area contributed by atoms with E-state index in [-0.39, 0.29) is 16.4 Å². The fourth-order valence-corrected chi connectivity index (χ4v) is 2.98. The van der Waals surface area contributed by atoms with Gasteiger partial charge in [0, 0.05) is 17.6 Å². The number of nitrogens with zero attached hydrogens (tertiary/aromatic N) is 2. The molecule has 0 fully saturated rings. The SMILES string of the molecule is CN(NC(=O)/C(=C/c1ccccc1Cl)NC(=O)c1ccccc1)c1cn[nH]c(=O)c1Cl. The van der Waals surface area contributed by atoms with E-state index in [1.807, 2.05) is 0 Å². The smallest absolute Gasteiger partial charge is 0.286 e. The average molecular weight is 458 g/mol. The number of hydrazine groups is 1. The molecule has 2 amide bonds. The number of aromatic amines is 1. The Kier molecular flexibility index (Phi) is 7.07. The van der Waals surface area contributed by atoms with Crippen LogP contribution in [0.1, 0.15) is 15.9 Å². The number of anilines is 1. The summed E-state index contributed by atoms with van der Waals surface area (Å²) in [5, 5.41) is 9.94. The summed E-state index contributed by atoms with van der Waals surface area (Å²) in [6.45, 7) is 0. The maximum absolute atomic E-state index is 13.0. The Morgan fingerprint density at radius 3 is 2.45 bits per heavy atom. The molecule has 31 heavy (non-hydrogen) atoms. The lowest BCUT2D eigenvalue weighted by molar-refractivity contribution is -0.117. The van der Waals surface area contributed by atoms with E-state index in [0.717, 1.165) is 0 Å². The summed E-state index contributed by atoms with van der Waals surface area (Å²) in [5.74, 6) is -1.14. The fourth-order valence-electron chi connectivity index (χ4n) is 2.57. The molecule has 0 radical (unpaired) electrons. The molecule has 3 rings (SSSR count). The van der Waals surface area contributed by atoms with Crippen LogP contribution in [0.15, 0.2) is 71.3 Å². The molecule has 158 valence electrons. The van der Waals surface area contributed by atoms with Crippen LogP contribution in [0, 0.1) is 0 Å². The molecule has 3 N–H and O–H groups in total. The minimum Gasteiger partial charge on any atom is -0.317 e. The number of halogens is 2. The van der Waals surface area contributed by atoms with Gasteiger partial charge in [0.2, 0.25) is 0 Å². The standard InChI is InChI=1S/C21H17Cl2N5O3/c1-28(17-12-24-26-21(31)18(17)23)27-20(30)16(11-14-9-5-6-10-15(14)22)25-19(29)13-7-3-2-4-8-13/h2-12H,1H3,(H,25,29)(H,26,31)(H,27,30)/b16-11-. The number of carbonyl (C=O) groups excluding carboxylic acids is 2. The zero-order valence-corrected chi connectivity index (χ0v) is 17.7. The quantitative estimate of drug-likeness (QED) is 0.389. The van der Waals surface area contributed by atoms with Gasteiger partial charge >= 0.3 is 0 Å². The predicted octanol–water partition coefficient (Wildman–Crippen LogP) is 3.02. The summed E-state index contributed by atoms with van der Waals surface area (Å²) in [6, 6.07) is 15.3. The second-order valence-corrected chi connectivity index (χ2v) is 7.08. The van der Waals surface area contributed by atoms with Crippen LogP contribution in [-0.4, -0.2) is 29.1 Å². The van der Waals surface area contributed by atoms with Gasteiger partial charge in [-0.25, -0.2) is 5.10 Å². The first-order valence-corrected chi connectivity index (χ1v) is 9.73. The zero-order valence-electron chi connectivity index (χ0n) is 16.2. The zero-order chi connectivity index (χ0) is 22.4. The Morgan fingerprint density at radius 1 is 1.06 bits per heavy atom. The highest BCUT2D eigenvalue weighted by Gasteiger charge is 2.18. The Bertz CT molecular complexity index is 1190. The van der Waals surface area contributed by atoms with E-state index in [9.17, 15) is 14.4 Å². The molecule has 0 aliphatic carbocycles. The number of rotatable bonds is 6. The van der Waals surface area contributed by atoms with Crippen molar-refractivity contribution in [3.8, 4) is 0 Å². The van der Waals surface area contributed by atoms with E-state index in [1.165, 1.54) is 24.3 Å². The van der Waals surface area contributed by atoms with Gasteiger partial charge in [0.15, 0.2) is 0 Å². The molecule has 0 spiro atoms. The third-order valence-corrected chi connectivity index (χ3v) is 4.85. The van der Waals surface area contributed by atoms with Crippen molar-refractivity contribution in [1.82, 2.24) is 20.9 Å². The molecular formula is C21H17Cl2N5O3. The summed E-state index contributed by atoms with van der Waals surface area (Å²) in [5.41, 5.74) is 2.95. The predicted molar refractivity (Wildman–Crippen MR) is 120 cm³/mol. The van der Waals surface area contributed by atoms with E-state index in [2.05, 4.69) is 20.9 Å². The highest BCUT2D eigenvalue weighted by atomic mass is 35.5. The lowest BCUT2D eigenvalue weighted by atomic mass is 10.1. The van der Waals surface area contributed by atoms with Crippen molar-refractivity contribution in [2.24, 2.45) is 0 Å². The monoisotopic (exact) mass is 457 g/mol. The van der Waals surface area contributed by atoms with Crippen LogP contribution in [0.4, 0.5) is 5.69 Å². The van der Waals surface area contributed by atoms with Crippen LogP contribution in [0.3, 0.4) is 0 Å². The van der Waals surface area contributed by atoms with Gasteiger partial charge in [-0.2, -0.15) is 5.10 Å². The molecular weight excluding hydrogens is 441 g/mol. The number of aromatic nitrogens is 2. The van der Waals surface area contributed by atoms with Crippen LogP contribution < -0.4 is 21.3 Å². The number of carbonyl (C=O) groups is 2. The van der Waals surface area contributed by atoms with Gasteiger partial charge in [-0.3, -0.25) is 24.8 Å². The molecule has 1 aromatic heterocycles. The second kappa shape index (κ2) is 9.92. The number of H-pyrrole nitrogens is 1. The van der Waals surface area contributed by atoms with Crippen LogP contribution >= 0.6 is 23.2 Å². The largest absolute Gasteiger partial charge is 0.317 e. The number of amides is 2. The van der Waals surface area contributed by atoms with Gasteiger partial charge in [0.05, 0.1) is 6.20 Å². The molecule has 1 heterocycles. The van der Waals surface area contributed by atoms with Gasteiger partial charge in [0.25, 0.3) is 17.4 Å². The fraction of sp³-hybridized carbons (Fsp3) is 0.0476. The van der Waals surface area contributed by atoms with Crippen LogP contribution in [0.5, 0.6) is 0 Å². The molecule has 0 saturated carbocycles. The van der Waals surface area contributed by atoms with Crippen molar-refractivity contribution in [2.75, 3.05) is 12.1 Å². The van der Waals surface area contributed by atoms with Crippen molar-refractivity contribution in [1.29, 1.82) is 0 Å². The summed E-state index contributed by atoms with van der Waals surface area (Å²) >= 11 is 12.2. The van der Waals surface area contributed by atoms with Gasteiger partial charge in [-0.1, -0.05) is 59.6 Å². The van der Waals surface area contributed by atoms with Gasteiger partial charge in [-0.05, 0) is 29.8 Å². The molecule has 3 aromatic rings. The first-order chi connectivity index (χ1) is 14.9. The van der Waals surface area contributed by atoms with E-state index in [1.54, 1.807) is 54.6 Å². The number of nitrogens with one attached hydrogen (secondary N) is 3. The Labute approximate surface area is 187 Å². The van der Waals surface area contributed by atoms with E-state index in [0.29, 0.717) is 16.1 Å². The maximum atomic E-state index is 13.0. The van der Waals surface area contributed by atoms with E-state index < -0.39 is 17.4 Å². The Balaban J connectivity index is 1.90. The highest BCUT2D eigenvalue weighted by Crippen LogP contribution is 2.19. The van der Waals surface area contributed by atoms with Gasteiger partial charge < -0.3 is 5.32 Å². The third-order valence-electron chi connectivity index (χ3n) is 4.14. The van der Waals surface area contributed by atoms with Crippen molar-refractivity contribution >= 4 is 46.8 Å². The summed E-state index contributed by atoms with van der Waals surface area (Å²) in [7, 11) is 1.48. The minimum atomic E-state index is -0.664. The molecule has 10 heteroatoms. The molecule has 2 aromatic carbocycles. The Hall–Kier alpha value is -3.62. The first kappa shape index (κ1) is 22.1. The molecule has 0 atom stereocenters. The average Bonchev–Trinajstić information content (AvgIpc) is 2.77. The van der Waals surface area contributed by atoms with Crippen molar-refractivity contribution in [2.45, 2.75) is 0 Å². The van der Waals surface area contributed by atoms with Crippen LogP contribution in [-0.2, 0) is 4.79 Å². The van der Waals surface area contributed by atoms with Crippen LogP contribution in [0.2, 0.25) is 10.0 Å². The minimum absolute atomic E-state index is 0.0669. The van der Waals surface area contributed by atoms with E-state index >= 15 is 0 Å². The molecule has 0 saturated heterocycles. The molecule has 8 nitrogen and oxygen atoms in total. The maximum Gasteiger partial charge on any atom is 0.286 e. The number of hydrogen-bond donors (Lipinski definition) is 3. The van der Waals surface area contributed by atoms with Crippen molar-refractivity contribution in [3.63, 3.8) is 0 Å². The molecule has 0 aliphatic heterocycles. The van der Waals surface area contributed by atoms with E-state index in [4.69, 9.17) is 23.2 Å². The lowest BCUT2D eigenvalue weighted by Crippen LogP contribution is -2.44. The normalized spacial score (nSPS) is 11.0. The summed E-state index contributed by atoms with van der Waals surface area (Å²) in [6.07, 6.45) is 2.73. The topological polar surface area (TPSA) is 107 Å². The molecule has 0 aliphatic rings. The first-order valence-electron chi connectivity index (χ1n) is 8.97. The molecule has 0 unspecified atom stereocenters. The van der Waals surface area contributed by atoms with Crippen LogP contribution in [0.25, 0.3) is 6.08 Å². The Morgan fingerprint density at radius 2 is 1.74 bits per heavy atom. The number of benzene rings is 2. The summed E-state index contributed by atoms with van der Waals surface area (Å²) < 4.78 is 0. The number of hydrogen-bond acceptors (Lipinski definition) is 5. The highest BCUT2D eigenvalue weighted by molar-refractivity contribution is 6.33. The van der Waals surface area contributed by atoms with Gasteiger partial charge in [-0.15, -0.1) is 0 Å². The summed E-state index contributed by atoms with van der Waals surface area (Å²) in [4.78, 5) is 37.3. The lowest BCUT2D eigenvalue weighted by Gasteiger charge is -2.21. The van der Waals surface area contributed by atoms with Crippen molar-refractivity contribution < 1.29 is 9.59 Å².